The van der Waals surface area contributed by atoms with E-state index in [1.807, 2.05) is 6.07 Å². The third kappa shape index (κ3) is 6.32. The minimum absolute atomic E-state index is 0.852. The van der Waals surface area contributed by atoms with Crippen LogP contribution in [-0.4, -0.2) is 14.2 Å². The molecule has 0 atom stereocenters. The molecule has 0 saturated carbocycles. The Morgan fingerprint density at radius 1 is 0.895 bits per heavy atom. The summed E-state index contributed by atoms with van der Waals surface area (Å²) in [7, 11) is 3.37. The van der Waals surface area contributed by atoms with E-state index in [4.69, 9.17) is 9.47 Å². The highest BCUT2D eigenvalue weighted by molar-refractivity contribution is 5.39. The molecule has 0 aliphatic carbocycles. The summed E-state index contributed by atoms with van der Waals surface area (Å²) in [5.41, 5.74) is 1.22. The van der Waals surface area contributed by atoms with Crippen LogP contribution in [0.1, 0.15) is 44.6 Å². The van der Waals surface area contributed by atoms with Crippen molar-refractivity contribution in [3.05, 3.63) is 35.9 Å². The standard InChI is InChI=1S/C17H26O2/c1-4-5-6-7-8-9-10-11-15-12-16(18-2)14-17(13-15)19-3/h9-10,12-14H,4-8,11H2,1-3H3/b10-9-. The van der Waals surface area contributed by atoms with Crippen LogP contribution in [0.5, 0.6) is 11.5 Å². The number of methoxy groups -OCH3 is 2. The van der Waals surface area contributed by atoms with E-state index in [1.165, 1.54) is 37.7 Å². The minimum atomic E-state index is 0.852. The fourth-order valence-corrected chi connectivity index (χ4v) is 2.01. The van der Waals surface area contributed by atoms with Crippen molar-refractivity contribution in [2.45, 2.75) is 45.4 Å². The smallest absolute Gasteiger partial charge is 0.122 e. The molecule has 0 fully saturated rings. The van der Waals surface area contributed by atoms with E-state index in [0.29, 0.717) is 0 Å². The summed E-state index contributed by atoms with van der Waals surface area (Å²) in [6, 6.07) is 6.02. The number of allylic oxidation sites excluding steroid dienone is 2. The Balaban J connectivity index is 2.41. The Hall–Kier alpha value is -1.44. The Kier molecular flexibility index (Phi) is 7.80. The highest BCUT2D eigenvalue weighted by Crippen LogP contribution is 2.22. The molecule has 1 aromatic rings. The van der Waals surface area contributed by atoms with Gasteiger partial charge in [-0.2, -0.15) is 0 Å². The first-order valence-corrected chi connectivity index (χ1v) is 7.17. The van der Waals surface area contributed by atoms with E-state index >= 15 is 0 Å². The first kappa shape index (κ1) is 15.6. The van der Waals surface area contributed by atoms with Crippen LogP contribution < -0.4 is 9.47 Å². The lowest BCUT2D eigenvalue weighted by Gasteiger charge is -2.06. The quantitative estimate of drug-likeness (QED) is 0.471. The highest BCUT2D eigenvalue weighted by Gasteiger charge is 2.00. The molecule has 1 rings (SSSR count). The normalized spacial score (nSPS) is 10.9. The molecule has 0 N–H and O–H groups in total. The molecule has 19 heavy (non-hydrogen) atoms. The van der Waals surface area contributed by atoms with Gasteiger partial charge in [-0.15, -0.1) is 0 Å². The summed E-state index contributed by atoms with van der Waals surface area (Å²) in [5.74, 6) is 1.70. The van der Waals surface area contributed by atoms with Gasteiger partial charge in [0.1, 0.15) is 11.5 Å². The van der Waals surface area contributed by atoms with Gasteiger partial charge in [0.25, 0.3) is 0 Å². The van der Waals surface area contributed by atoms with Crippen molar-refractivity contribution in [1.29, 1.82) is 0 Å². The number of hydrogen-bond donors (Lipinski definition) is 0. The van der Waals surface area contributed by atoms with Crippen molar-refractivity contribution in [2.75, 3.05) is 14.2 Å². The molecular formula is C17H26O2. The monoisotopic (exact) mass is 262 g/mol. The molecule has 0 aliphatic heterocycles. The van der Waals surface area contributed by atoms with Crippen LogP contribution in [-0.2, 0) is 6.42 Å². The van der Waals surface area contributed by atoms with E-state index in [1.54, 1.807) is 14.2 Å². The molecule has 0 aromatic heterocycles. The van der Waals surface area contributed by atoms with Gasteiger partial charge in [0, 0.05) is 6.07 Å². The molecule has 0 spiro atoms. The SMILES string of the molecule is CCCCCC/C=C\Cc1cc(OC)cc(OC)c1. The van der Waals surface area contributed by atoms with Crippen LogP contribution >= 0.6 is 0 Å². The van der Waals surface area contributed by atoms with Crippen molar-refractivity contribution in [3.8, 4) is 11.5 Å². The van der Waals surface area contributed by atoms with Gasteiger partial charge in [-0.05, 0) is 37.0 Å². The Morgan fingerprint density at radius 2 is 1.58 bits per heavy atom. The van der Waals surface area contributed by atoms with E-state index < -0.39 is 0 Å². The average Bonchev–Trinajstić information content (AvgIpc) is 2.45. The van der Waals surface area contributed by atoms with Crippen LogP contribution in [0.3, 0.4) is 0 Å². The lowest BCUT2D eigenvalue weighted by atomic mass is 10.1. The van der Waals surface area contributed by atoms with Gasteiger partial charge in [0.15, 0.2) is 0 Å². The van der Waals surface area contributed by atoms with E-state index in [9.17, 15) is 0 Å². The van der Waals surface area contributed by atoms with Gasteiger partial charge in [-0.3, -0.25) is 0 Å². The second-order valence-electron chi connectivity index (χ2n) is 4.75. The van der Waals surface area contributed by atoms with Gasteiger partial charge in [0.2, 0.25) is 0 Å². The van der Waals surface area contributed by atoms with Crippen molar-refractivity contribution in [3.63, 3.8) is 0 Å². The van der Waals surface area contributed by atoms with Crippen molar-refractivity contribution < 1.29 is 9.47 Å². The minimum Gasteiger partial charge on any atom is -0.497 e. The van der Waals surface area contributed by atoms with Crippen LogP contribution in [0.25, 0.3) is 0 Å². The number of benzene rings is 1. The number of rotatable bonds is 9. The van der Waals surface area contributed by atoms with E-state index in [-0.39, 0.29) is 0 Å². The van der Waals surface area contributed by atoms with Gasteiger partial charge in [-0.1, -0.05) is 38.3 Å². The maximum atomic E-state index is 5.27. The number of unbranched alkanes of at least 4 members (excludes halogenated alkanes) is 4. The topological polar surface area (TPSA) is 18.5 Å². The summed E-state index contributed by atoms with van der Waals surface area (Å²) in [4.78, 5) is 0. The van der Waals surface area contributed by atoms with Crippen molar-refractivity contribution in [1.82, 2.24) is 0 Å². The van der Waals surface area contributed by atoms with Crippen molar-refractivity contribution in [2.24, 2.45) is 0 Å². The molecule has 1 aromatic carbocycles. The lowest BCUT2D eigenvalue weighted by Crippen LogP contribution is -1.90. The lowest BCUT2D eigenvalue weighted by molar-refractivity contribution is 0.393. The largest absolute Gasteiger partial charge is 0.497 e. The van der Waals surface area contributed by atoms with Gasteiger partial charge >= 0.3 is 0 Å². The first-order chi connectivity index (χ1) is 9.30. The molecule has 2 nitrogen and oxygen atoms in total. The van der Waals surface area contributed by atoms with Crippen LogP contribution in [0.4, 0.5) is 0 Å². The van der Waals surface area contributed by atoms with Crippen LogP contribution in [0.2, 0.25) is 0 Å². The fourth-order valence-electron chi connectivity index (χ4n) is 2.01. The van der Waals surface area contributed by atoms with Crippen LogP contribution in [0, 0.1) is 0 Å². The van der Waals surface area contributed by atoms with E-state index in [0.717, 1.165) is 17.9 Å². The summed E-state index contributed by atoms with van der Waals surface area (Å²) in [5, 5.41) is 0. The predicted molar refractivity (Wildman–Crippen MR) is 81.1 cm³/mol. The first-order valence-electron chi connectivity index (χ1n) is 7.17. The molecule has 0 heterocycles. The Bertz CT molecular complexity index is 361. The predicted octanol–water partition coefficient (Wildman–Crippen LogP) is 4.77. The number of hydrogen-bond acceptors (Lipinski definition) is 2. The summed E-state index contributed by atoms with van der Waals surface area (Å²) in [6.45, 7) is 2.24. The molecular weight excluding hydrogens is 236 g/mol. The average molecular weight is 262 g/mol. The maximum absolute atomic E-state index is 5.27. The molecule has 0 aliphatic rings. The summed E-state index contributed by atoms with van der Waals surface area (Å²) in [6.07, 6.45) is 11.9. The zero-order valence-electron chi connectivity index (χ0n) is 12.4. The highest BCUT2D eigenvalue weighted by atomic mass is 16.5. The van der Waals surface area contributed by atoms with Crippen molar-refractivity contribution >= 4 is 0 Å². The van der Waals surface area contributed by atoms with Gasteiger partial charge in [-0.25, -0.2) is 0 Å². The second-order valence-corrected chi connectivity index (χ2v) is 4.75. The number of ether oxygens (including phenoxy) is 2. The zero-order valence-corrected chi connectivity index (χ0v) is 12.4. The molecule has 0 unspecified atom stereocenters. The second kappa shape index (κ2) is 9.48. The molecule has 0 bridgehead atoms. The summed E-state index contributed by atoms with van der Waals surface area (Å²) < 4.78 is 10.5. The fraction of sp³-hybridized carbons (Fsp3) is 0.529. The third-order valence-corrected chi connectivity index (χ3v) is 3.16. The Labute approximate surface area is 117 Å². The molecule has 0 amide bonds. The maximum Gasteiger partial charge on any atom is 0.122 e. The molecule has 106 valence electrons. The van der Waals surface area contributed by atoms with E-state index in [2.05, 4.69) is 31.2 Å². The van der Waals surface area contributed by atoms with Gasteiger partial charge in [0.05, 0.1) is 14.2 Å². The van der Waals surface area contributed by atoms with Gasteiger partial charge < -0.3 is 9.47 Å². The zero-order chi connectivity index (χ0) is 13.9. The molecule has 0 radical (unpaired) electrons. The summed E-state index contributed by atoms with van der Waals surface area (Å²) >= 11 is 0. The third-order valence-electron chi connectivity index (χ3n) is 3.16. The van der Waals surface area contributed by atoms with Crippen LogP contribution in [0.15, 0.2) is 30.4 Å². The Morgan fingerprint density at radius 3 is 2.16 bits per heavy atom. The molecule has 2 heteroatoms. The molecule has 0 saturated heterocycles.